The van der Waals surface area contributed by atoms with Gasteiger partial charge in [-0.05, 0) is 19.9 Å². The van der Waals surface area contributed by atoms with E-state index in [1.807, 2.05) is 0 Å². The third kappa shape index (κ3) is 5.31. The van der Waals surface area contributed by atoms with Gasteiger partial charge in [-0.2, -0.15) is 5.26 Å². The number of hydrogen-bond acceptors (Lipinski definition) is 7. The van der Waals surface area contributed by atoms with E-state index < -0.39 is 11.6 Å². The summed E-state index contributed by atoms with van der Waals surface area (Å²) in [6, 6.07) is 4.75. The average Bonchev–Trinajstić information content (AvgIpc) is 2.71. The van der Waals surface area contributed by atoms with Crippen LogP contribution in [0.3, 0.4) is 0 Å². The Bertz CT molecular complexity index is 956. The molecule has 0 unspecified atom stereocenters. The lowest BCUT2D eigenvalue weighted by molar-refractivity contribution is 0.0507. The van der Waals surface area contributed by atoms with Crippen molar-refractivity contribution in [2.45, 2.75) is 38.9 Å². The molecule has 0 bridgehead atoms. The summed E-state index contributed by atoms with van der Waals surface area (Å²) in [4.78, 5) is 21.6. The number of amides is 1. The Morgan fingerprint density at radius 2 is 1.97 bits per heavy atom. The zero-order valence-corrected chi connectivity index (χ0v) is 16.6. The number of ether oxygens (including phenoxy) is 2. The van der Waals surface area contributed by atoms with Crippen molar-refractivity contribution >= 4 is 17.6 Å². The number of benzene rings is 1. The predicted octanol–water partition coefficient (Wildman–Crippen LogP) is 3.76. The molecule has 1 aliphatic rings. The van der Waals surface area contributed by atoms with Crippen molar-refractivity contribution in [3.63, 3.8) is 0 Å². The van der Waals surface area contributed by atoms with E-state index in [1.165, 1.54) is 12.4 Å². The predicted molar refractivity (Wildman–Crippen MR) is 103 cm³/mol. The van der Waals surface area contributed by atoms with E-state index in [2.05, 4.69) is 15.3 Å². The highest BCUT2D eigenvalue weighted by molar-refractivity contribution is 5.67. The van der Waals surface area contributed by atoms with Gasteiger partial charge in [0.1, 0.15) is 36.0 Å². The number of nitrogens with zero attached hydrogens (tertiary/aromatic N) is 4. The molecule has 1 aromatic carbocycles. The minimum atomic E-state index is -0.838. The number of carbonyl (C=O) groups excluding carboxylic acids is 1. The molecule has 158 valence electrons. The Morgan fingerprint density at radius 3 is 2.63 bits per heavy atom. The Morgan fingerprint density at radius 1 is 1.23 bits per heavy atom. The van der Waals surface area contributed by atoms with Crippen LogP contribution < -0.4 is 10.1 Å². The molecule has 2 aromatic rings. The molecular weight excluding hydrogens is 396 g/mol. The first-order chi connectivity index (χ1) is 14.4. The van der Waals surface area contributed by atoms with Crippen molar-refractivity contribution in [2.75, 3.05) is 18.4 Å². The molecule has 0 atom stereocenters. The molecular formula is C20H21F2N5O3. The van der Waals surface area contributed by atoms with Gasteiger partial charge in [-0.3, -0.25) is 0 Å². The van der Waals surface area contributed by atoms with Crippen LogP contribution in [0.25, 0.3) is 0 Å². The number of nitrogens with one attached hydrogen (secondary N) is 1. The van der Waals surface area contributed by atoms with E-state index in [4.69, 9.17) is 14.7 Å². The highest BCUT2D eigenvalue weighted by Crippen LogP contribution is 2.24. The first-order valence-corrected chi connectivity index (χ1v) is 9.46. The van der Waals surface area contributed by atoms with Crippen LogP contribution >= 0.6 is 0 Å². The van der Waals surface area contributed by atoms with E-state index in [-0.39, 0.29) is 41.2 Å². The van der Waals surface area contributed by atoms with E-state index in [1.54, 1.807) is 24.8 Å². The number of aromatic nitrogens is 2. The van der Waals surface area contributed by atoms with Crippen LogP contribution in [0.5, 0.6) is 5.88 Å². The fourth-order valence-electron chi connectivity index (χ4n) is 2.94. The summed E-state index contributed by atoms with van der Waals surface area (Å²) in [6.45, 7) is 4.60. The highest BCUT2D eigenvalue weighted by atomic mass is 19.1. The third-order valence-electron chi connectivity index (χ3n) is 4.41. The van der Waals surface area contributed by atoms with Crippen LogP contribution in [-0.2, 0) is 4.74 Å². The maximum Gasteiger partial charge on any atom is 0.410 e. The minimum absolute atomic E-state index is 0.153. The lowest BCUT2D eigenvalue weighted by atomic mass is 10.1. The first kappa shape index (κ1) is 21.2. The average molecular weight is 417 g/mol. The van der Waals surface area contributed by atoms with E-state index in [0.29, 0.717) is 25.9 Å². The first-order valence-electron chi connectivity index (χ1n) is 9.46. The van der Waals surface area contributed by atoms with Gasteiger partial charge in [-0.1, -0.05) is 0 Å². The third-order valence-corrected chi connectivity index (χ3v) is 4.41. The summed E-state index contributed by atoms with van der Waals surface area (Å²) in [7, 11) is 0. The maximum absolute atomic E-state index is 14.1. The molecule has 1 amide bonds. The van der Waals surface area contributed by atoms with Crippen LogP contribution in [0.15, 0.2) is 24.5 Å². The monoisotopic (exact) mass is 417 g/mol. The Balaban J connectivity index is 1.60. The number of rotatable bonds is 5. The van der Waals surface area contributed by atoms with Gasteiger partial charge in [0.25, 0.3) is 0 Å². The Hall–Kier alpha value is -3.48. The molecule has 1 aliphatic heterocycles. The summed E-state index contributed by atoms with van der Waals surface area (Å²) in [5.41, 5.74) is -0.540. The summed E-state index contributed by atoms with van der Waals surface area (Å²) in [5.74, 6) is -1.14. The van der Waals surface area contributed by atoms with Crippen LogP contribution in [0.4, 0.5) is 25.1 Å². The number of nitriles is 1. The Kier molecular flexibility index (Phi) is 6.61. The van der Waals surface area contributed by atoms with Crippen molar-refractivity contribution in [1.29, 1.82) is 5.26 Å². The van der Waals surface area contributed by atoms with Gasteiger partial charge < -0.3 is 19.7 Å². The molecule has 1 saturated heterocycles. The largest absolute Gasteiger partial charge is 0.474 e. The lowest BCUT2D eigenvalue weighted by Gasteiger charge is -2.31. The molecule has 30 heavy (non-hydrogen) atoms. The second-order valence-electron chi connectivity index (χ2n) is 7.03. The van der Waals surface area contributed by atoms with Gasteiger partial charge in [0.2, 0.25) is 5.88 Å². The zero-order chi connectivity index (χ0) is 21.7. The number of piperidine rings is 1. The van der Waals surface area contributed by atoms with Crippen LogP contribution in [0, 0.1) is 23.0 Å². The SMILES string of the molecule is CC(C)OC(=O)N1CCC(Oc2cc(Nc3cc(F)c(C#N)cc3F)ncn2)CC1. The van der Waals surface area contributed by atoms with Crippen LogP contribution in [0.2, 0.25) is 0 Å². The normalized spacial score (nSPS) is 14.3. The summed E-state index contributed by atoms with van der Waals surface area (Å²) < 4.78 is 38.9. The standard InChI is InChI=1S/C20H21F2N5O3/c1-12(2)29-20(28)27-5-3-14(4-6-27)30-19-9-18(24-11-25-19)26-17-8-15(21)13(10-23)7-16(17)22/h7-9,11-12,14H,3-6H2,1-2H3,(H,24,25,26). The molecule has 0 saturated carbocycles. The summed E-state index contributed by atoms with van der Waals surface area (Å²) >= 11 is 0. The van der Waals surface area contributed by atoms with Gasteiger partial charge >= 0.3 is 6.09 Å². The smallest absolute Gasteiger partial charge is 0.410 e. The number of likely N-dealkylation sites (tertiary alicyclic amines) is 1. The lowest BCUT2D eigenvalue weighted by Crippen LogP contribution is -2.42. The Labute approximate surface area is 172 Å². The molecule has 0 radical (unpaired) electrons. The molecule has 2 heterocycles. The molecule has 1 N–H and O–H groups in total. The van der Waals surface area contributed by atoms with Gasteiger partial charge in [0, 0.05) is 38.1 Å². The van der Waals surface area contributed by atoms with Gasteiger partial charge in [0.15, 0.2) is 0 Å². The van der Waals surface area contributed by atoms with E-state index in [9.17, 15) is 13.6 Å². The van der Waals surface area contributed by atoms with Crippen molar-refractivity contribution in [3.05, 3.63) is 41.7 Å². The number of halogens is 2. The fourth-order valence-corrected chi connectivity index (χ4v) is 2.94. The number of anilines is 2. The zero-order valence-electron chi connectivity index (χ0n) is 16.6. The topological polar surface area (TPSA) is 100 Å². The number of hydrogen-bond donors (Lipinski definition) is 1. The minimum Gasteiger partial charge on any atom is -0.474 e. The van der Waals surface area contributed by atoms with Crippen LogP contribution in [-0.4, -0.2) is 46.3 Å². The molecule has 0 spiro atoms. The van der Waals surface area contributed by atoms with E-state index >= 15 is 0 Å². The second-order valence-corrected chi connectivity index (χ2v) is 7.03. The highest BCUT2D eigenvalue weighted by Gasteiger charge is 2.25. The van der Waals surface area contributed by atoms with Crippen molar-refractivity contribution in [3.8, 4) is 11.9 Å². The van der Waals surface area contributed by atoms with Crippen LogP contribution in [0.1, 0.15) is 32.3 Å². The second kappa shape index (κ2) is 9.35. The molecule has 8 nitrogen and oxygen atoms in total. The van der Waals surface area contributed by atoms with Gasteiger partial charge in [-0.25, -0.2) is 23.5 Å². The molecule has 3 rings (SSSR count). The molecule has 1 aromatic heterocycles. The van der Waals surface area contributed by atoms with Crippen molar-refractivity contribution in [1.82, 2.24) is 14.9 Å². The quantitative estimate of drug-likeness (QED) is 0.791. The van der Waals surface area contributed by atoms with Gasteiger partial charge in [-0.15, -0.1) is 0 Å². The van der Waals surface area contributed by atoms with E-state index in [0.717, 1.165) is 12.1 Å². The molecule has 1 fully saturated rings. The fraction of sp³-hybridized carbons (Fsp3) is 0.400. The van der Waals surface area contributed by atoms with Crippen molar-refractivity contribution in [2.24, 2.45) is 0 Å². The molecule has 10 heteroatoms. The van der Waals surface area contributed by atoms with Gasteiger partial charge in [0.05, 0.1) is 17.4 Å². The maximum atomic E-state index is 14.1. The van der Waals surface area contributed by atoms with Crippen molar-refractivity contribution < 1.29 is 23.0 Å². The summed E-state index contributed by atoms with van der Waals surface area (Å²) in [6.07, 6.45) is 1.79. The molecule has 0 aliphatic carbocycles. The number of carbonyl (C=O) groups is 1. The summed E-state index contributed by atoms with van der Waals surface area (Å²) in [5, 5.41) is 11.4.